The maximum Gasteiger partial charge on any atom is 0.143 e. The molecule has 80 valence electrons. The quantitative estimate of drug-likeness (QED) is 0.709. The second-order valence-electron chi connectivity index (χ2n) is 4.77. The first-order valence-corrected chi connectivity index (χ1v) is 8.42. The van der Waals surface area contributed by atoms with Crippen LogP contribution < -0.4 is 0 Å². The number of hydrogen-bond acceptors (Lipinski definition) is 1. The van der Waals surface area contributed by atoms with Crippen LogP contribution in [0, 0.1) is 23.0 Å². The highest BCUT2D eigenvalue weighted by atomic mass is 28.3. The van der Waals surface area contributed by atoms with Crippen molar-refractivity contribution in [1.82, 2.24) is 0 Å². The van der Waals surface area contributed by atoms with Gasteiger partial charge in [-0.05, 0) is 17.7 Å². The van der Waals surface area contributed by atoms with Gasteiger partial charge in [-0.2, -0.15) is 5.26 Å². The van der Waals surface area contributed by atoms with E-state index in [4.69, 9.17) is 5.26 Å². The number of nitriles is 1. The Balaban J connectivity index is 3.15. The Morgan fingerprint density at radius 1 is 1.20 bits per heavy atom. The van der Waals surface area contributed by atoms with Crippen LogP contribution in [0.3, 0.4) is 0 Å². The van der Waals surface area contributed by atoms with Gasteiger partial charge in [0.25, 0.3) is 0 Å². The molecule has 0 saturated carbocycles. The number of rotatable bonds is 2. The van der Waals surface area contributed by atoms with Crippen molar-refractivity contribution < 1.29 is 8.78 Å². The predicted molar refractivity (Wildman–Crippen MR) is 58.1 cm³/mol. The van der Waals surface area contributed by atoms with Crippen LogP contribution in [0.4, 0.5) is 8.78 Å². The second kappa shape index (κ2) is 4.11. The standard InChI is InChI=1S/C11H13F2NSi/c1-15(2,3)7-9-4-8(6-14)10(12)5-11(9)13/h4-5H,7H2,1-3H3. The Hall–Kier alpha value is -1.21. The van der Waals surface area contributed by atoms with E-state index in [-0.39, 0.29) is 5.56 Å². The van der Waals surface area contributed by atoms with Crippen molar-refractivity contribution in [2.24, 2.45) is 0 Å². The molecule has 1 aromatic rings. The van der Waals surface area contributed by atoms with E-state index in [9.17, 15) is 8.78 Å². The van der Waals surface area contributed by atoms with Gasteiger partial charge in [-0.3, -0.25) is 0 Å². The maximum absolute atomic E-state index is 13.4. The summed E-state index contributed by atoms with van der Waals surface area (Å²) in [4.78, 5) is 0. The third-order valence-corrected chi connectivity index (χ3v) is 3.42. The summed E-state index contributed by atoms with van der Waals surface area (Å²) in [6.07, 6.45) is 0. The molecule has 0 aliphatic carbocycles. The molecule has 0 amide bonds. The van der Waals surface area contributed by atoms with Crippen LogP contribution >= 0.6 is 0 Å². The Morgan fingerprint density at radius 2 is 1.80 bits per heavy atom. The molecule has 0 atom stereocenters. The zero-order chi connectivity index (χ0) is 11.6. The van der Waals surface area contributed by atoms with Crippen LogP contribution in [-0.2, 0) is 6.04 Å². The van der Waals surface area contributed by atoms with Gasteiger partial charge in [0.15, 0.2) is 0 Å². The highest BCUT2D eigenvalue weighted by Crippen LogP contribution is 2.18. The minimum absolute atomic E-state index is 0.0790. The summed E-state index contributed by atoms with van der Waals surface area (Å²) >= 11 is 0. The van der Waals surface area contributed by atoms with Crippen molar-refractivity contribution in [3.63, 3.8) is 0 Å². The summed E-state index contributed by atoms with van der Waals surface area (Å²) in [5, 5.41) is 8.63. The van der Waals surface area contributed by atoms with Crippen LogP contribution in [-0.4, -0.2) is 8.07 Å². The lowest BCUT2D eigenvalue weighted by atomic mass is 10.1. The fourth-order valence-corrected chi connectivity index (χ4v) is 2.80. The van der Waals surface area contributed by atoms with Crippen molar-refractivity contribution in [1.29, 1.82) is 5.26 Å². The largest absolute Gasteiger partial charge is 0.207 e. The molecular formula is C11H13F2NSi. The van der Waals surface area contributed by atoms with E-state index in [1.807, 2.05) is 0 Å². The summed E-state index contributed by atoms with van der Waals surface area (Å²) in [6, 6.07) is 4.46. The number of halogens is 2. The van der Waals surface area contributed by atoms with Crippen LogP contribution in [0.1, 0.15) is 11.1 Å². The first-order valence-electron chi connectivity index (χ1n) is 4.71. The van der Waals surface area contributed by atoms with E-state index in [1.54, 1.807) is 6.07 Å². The Labute approximate surface area is 89.4 Å². The highest BCUT2D eigenvalue weighted by Gasteiger charge is 2.18. The Morgan fingerprint density at radius 3 is 2.27 bits per heavy atom. The molecule has 4 heteroatoms. The van der Waals surface area contributed by atoms with E-state index in [0.717, 1.165) is 6.07 Å². The lowest BCUT2D eigenvalue weighted by Crippen LogP contribution is -2.24. The topological polar surface area (TPSA) is 23.8 Å². The van der Waals surface area contributed by atoms with E-state index >= 15 is 0 Å². The minimum atomic E-state index is -1.45. The average molecular weight is 225 g/mol. The van der Waals surface area contributed by atoms with Gasteiger partial charge >= 0.3 is 0 Å². The van der Waals surface area contributed by atoms with Crippen molar-refractivity contribution in [3.05, 3.63) is 34.9 Å². The number of nitrogens with zero attached hydrogens (tertiary/aromatic N) is 1. The highest BCUT2D eigenvalue weighted by molar-refractivity contribution is 6.75. The lowest BCUT2D eigenvalue weighted by molar-refractivity contribution is 0.573. The minimum Gasteiger partial charge on any atom is -0.207 e. The molecule has 1 nitrogen and oxygen atoms in total. The summed E-state index contributed by atoms with van der Waals surface area (Å²) in [5.74, 6) is -1.33. The molecule has 0 bridgehead atoms. The molecular weight excluding hydrogens is 212 g/mol. The lowest BCUT2D eigenvalue weighted by Gasteiger charge is -2.16. The summed E-state index contributed by atoms with van der Waals surface area (Å²) in [7, 11) is -1.45. The molecule has 0 spiro atoms. The van der Waals surface area contributed by atoms with Crippen molar-refractivity contribution in [2.75, 3.05) is 0 Å². The van der Waals surface area contributed by atoms with E-state index in [2.05, 4.69) is 19.6 Å². The van der Waals surface area contributed by atoms with Crippen molar-refractivity contribution >= 4 is 8.07 Å². The van der Waals surface area contributed by atoms with Crippen LogP contribution in [0.5, 0.6) is 0 Å². The van der Waals surface area contributed by atoms with E-state index in [0.29, 0.717) is 11.6 Å². The SMILES string of the molecule is C[Si](C)(C)Cc1cc(C#N)c(F)cc1F. The second-order valence-corrected chi connectivity index (χ2v) is 10.2. The van der Waals surface area contributed by atoms with Crippen molar-refractivity contribution in [3.8, 4) is 6.07 Å². The number of benzene rings is 1. The zero-order valence-electron chi connectivity index (χ0n) is 9.06. The molecule has 1 rings (SSSR count). The summed E-state index contributed by atoms with van der Waals surface area (Å²) in [5.41, 5.74) is 0.372. The first kappa shape index (κ1) is 11.9. The maximum atomic E-state index is 13.4. The summed E-state index contributed by atoms with van der Waals surface area (Å²) in [6.45, 7) is 6.30. The van der Waals surface area contributed by atoms with Gasteiger partial charge < -0.3 is 0 Å². The zero-order valence-corrected chi connectivity index (χ0v) is 10.1. The monoisotopic (exact) mass is 225 g/mol. The third-order valence-electron chi connectivity index (χ3n) is 1.98. The fraction of sp³-hybridized carbons (Fsp3) is 0.364. The molecule has 0 aliphatic rings. The van der Waals surface area contributed by atoms with E-state index < -0.39 is 19.7 Å². The normalized spacial score (nSPS) is 11.2. The van der Waals surface area contributed by atoms with Gasteiger partial charge in [0.05, 0.1) is 5.56 Å². The fourth-order valence-electron chi connectivity index (χ4n) is 1.39. The van der Waals surface area contributed by atoms with E-state index in [1.165, 1.54) is 6.07 Å². The molecule has 0 N–H and O–H groups in total. The van der Waals surface area contributed by atoms with Crippen LogP contribution in [0.15, 0.2) is 12.1 Å². The summed E-state index contributed by atoms with van der Waals surface area (Å²) < 4.78 is 26.4. The molecule has 0 radical (unpaired) electrons. The van der Waals surface area contributed by atoms with Gasteiger partial charge in [0, 0.05) is 14.1 Å². The van der Waals surface area contributed by atoms with Gasteiger partial charge in [-0.25, -0.2) is 8.78 Å². The molecule has 1 aromatic carbocycles. The van der Waals surface area contributed by atoms with Gasteiger partial charge in [0.2, 0.25) is 0 Å². The van der Waals surface area contributed by atoms with Crippen molar-refractivity contribution in [2.45, 2.75) is 25.7 Å². The predicted octanol–water partition coefficient (Wildman–Crippen LogP) is 3.26. The molecule has 0 aromatic heterocycles. The molecule has 0 aliphatic heterocycles. The van der Waals surface area contributed by atoms with Crippen LogP contribution in [0.2, 0.25) is 19.6 Å². The molecule has 0 unspecified atom stereocenters. The van der Waals surface area contributed by atoms with Gasteiger partial charge in [0.1, 0.15) is 17.7 Å². The smallest absolute Gasteiger partial charge is 0.143 e. The Bertz CT molecular complexity index is 416. The van der Waals surface area contributed by atoms with Crippen LogP contribution in [0.25, 0.3) is 0 Å². The molecule has 0 heterocycles. The average Bonchev–Trinajstić information content (AvgIpc) is 2.07. The molecule has 0 saturated heterocycles. The van der Waals surface area contributed by atoms with Gasteiger partial charge in [-0.1, -0.05) is 19.6 Å². The third kappa shape index (κ3) is 3.13. The molecule has 0 fully saturated rings. The Kier molecular flexibility index (Phi) is 3.25. The number of hydrogen-bond donors (Lipinski definition) is 0. The van der Waals surface area contributed by atoms with Gasteiger partial charge in [-0.15, -0.1) is 0 Å². The first-order chi connectivity index (χ1) is 6.83. The molecule has 15 heavy (non-hydrogen) atoms.